The van der Waals surface area contributed by atoms with Crippen molar-refractivity contribution in [2.45, 2.75) is 52.7 Å². The van der Waals surface area contributed by atoms with Crippen LogP contribution in [-0.2, 0) is 19.5 Å². The van der Waals surface area contributed by atoms with Crippen molar-refractivity contribution in [3.05, 3.63) is 52.7 Å². The second-order valence-electron chi connectivity index (χ2n) is 8.39. The molecule has 31 heavy (non-hydrogen) atoms. The molecular formula is C24H30N4O3. The number of benzene rings is 2. The number of aromatic nitrogens is 2. The number of aromatic amines is 1. The molecule has 4 rings (SSSR count). The topological polar surface area (TPSA) is 90.5 Å². The summed E-state index contributed by atoms with van der Waals surface area (Å²) in [7, 11) is 0. The highest BCUT2D eigenvalue weighted by molar-refractivity contribution is 6.01. The second-order valence-corrected chi connectivity index (χ2v) is 8.39. The molecule has 1 aliphatic rings. The molecule has 1 aromatic heterocycles. The first kappa shape index (κ1) is 21.2. The van der Waals surface area contributed by atoms with Crippen molar-refractivity contribution >= 4 is 16.8 Å². The van der Waals surface area contributed by atoms with E-state index in [4.69, 9.17) is 4.74 Å². The summed E-state index contributed by atoms with van der Waals surface area (Å²) < 4.78 is 5.84. The van der Waals surface area contributed by atoms with Gasteiger partial charge in [0.25, 0.3) is 5.91 Å². The molecule has 7 heteroatoms. The quantitative estimate of drug-likeness (QED) is 0.481. The summed E-state index contributed by atoms with van der Waals surface area (Å²) in [5.41, 5.74) is 4.17. The third-order valence-electron chi connectivity index (χ3n) is 5.59. The van der Waals surface area contributed by atoms with Gasteiger partial charge in [0, 0.05) is 42.8 Å². The van der Waals surface area contributed by atoms with E-state index in [0.717, 1.165) is 47.3 Å². The van der Waals surface area contributed by atoms with Crippen LogP contribution in [0.2, 0.25) is 0 Å². The predicted molar refractivity (Wildman–Crippen MR) is 120 cm³/mol. The zero-order valence-corrected chi connectivity index (χ0v) is 18.4. The third-order valence-corrected chi connectivity index (χ3v) is 5.59. The van der Waals surface area contributed by atoms with Gasteiger partial charge in [-0.15, -0.1) is 0 Å². The average Bonchev–Trinajstić information content (AvgIpc) is 3.34. The monoisotopic (exact) mass is 422 g/mol. The van der Waals surface area contributed by atoms with Crippen molar-refractivity contribution in [1.82, 2.24) is 20.4 Å². The fourth-order valence-electron chi connectivity index (χ4n) is 4.00. The number of rotatable bonds is 8. The molecule has 164 valence electrons. The number of hydrogen-bond acceptors (Lipinski definition) is 5. The first-order chi connectivity index (χ1) is 15.0. The minimum atomic E-state index is -0.178. The number of fused-ring (bicyclic) bond motifs is 2. The number of phenolic OH excluding ortho intramolecular Hbond substituents is 1. The van der Waals surface area contributed by atoms with E-state index < -0.39 is 0 Å². The molecule has 0 spiro atoms. The van der Waals surface area contributed by atoms with Crippen LogP contribution in [0.1, 0.15) is 54.4 Å². The number of aryl methyl sites for hydroxylation is 1. The van der Waals surface area contributed by atoms with Crippen LogP contribution in [0.3, 0.4) is 0 Å². The van der Waals surface area contributed by atoms with Crippen molar-refractivity contribution in [2.75, 3.05) is 13.2 Å². The van der Waals surface area contributed by atoms with Gasteiger partial charge in [-0.05, 0) is 35.7 Å². The summed E-state index contributed by atoms with van der Waals surface area (Å²) in [6.45, 7) is 8.71. The molecule has 2 aromatic carbocycles. The molecule has 0 fully saturated rings. The first-order valence-corrected chi connectivity index (χ1v) is 10.9. The van der Waals surface area contributed by atoms with Gasteiger partial charge >= 0.3 is 0 Å². The normalized spacial score (nSPS) is 13.2. The maximum absolute atomic E-state index is 13.2. The highest BCUT2D eigenvalue weighted by Crippen LogP contribution is 2.32. The van der Waals surface area contributed by atoms with E-state index in [1.54, 1.807) is 17.0 Å². The van der Waals surface area contributed by atoms with Crippen molar-refractivity contribution in [3.63, 3.8) is 0 Å². The Kier molecular flexibility index (Phi) is 6.13. The van der Waals surface area contributed by atoms with Gasteiger partial charge < -0.3 is 20.1 Å². The summed E-state index contributed by atoms with van der Waals surface area (Å²) in [5.74, 6) is 0.595. The molecule has 2 heterocycles. The zero-order chi connectivity index (χ0) is 22.0. The first-order valence-electron chi connectivity index (χ1n) is 10.9. The molecule has 0 radical (unpaired) electrons. The third kappa shape index (κ3) is 4.51. The second kappa shape index (κ2) is 8.98. The van der Waals surface area contributed by atoms with Gasteiger partial charge in [0.1, 0.15) is 18.1 Å². The van der Waals surface area contributed by atoms with Crippen LogP contribution >= 0.6 is 0 Å². The summed E-state index contributed by atoms with van der Waals surface area (Å²) in [5, 5.41) is 22.0. The Morgan fingerprint density at radius 3 is 2.84 bits per heavy atom. The van der Waals surface area contributed by atoms with Gasteiger partial charge in [-0.1, -0.05) is 33.3 Å². The molecule has 1 aliphatic heterocycles. The lowest BCUT2D eigenvalue weighted by molar-refractivity contribution is 0.0748. The van der Waals surface area contributed by atoms with Crippen LogP contribution in [0, 0.1) is 0 Å². The number of hydrogen-bond donors (Lipinski definition) is 3. The number of ether oxygens (including phenoxy) is 1. The number of nitrogens with one attached hydrogen (secondary N) is 2. The average molecular weight is 423 g/mol. The van der Waals surface area contributed by atoms with Crippen LogP contribution in [-0.4, -0.2) is 45.3 Å². The predicted octanol–water partition coefficient (Wildman–Crippen LogP) is 3.75. The number of H-pyrrole nitrogens is 1. The molecule has 0 aliphatic carbocycles. The Bertz CT molecular complexity index is 1090. The van der Waals surface area contributed by atoms with Gasteiger partial charge in [-0.25, -0.2) is 0 Å². The number of phenols is 1. The smallest absolute Gasteiger partial charge is 0.258 e. The SMILES string of the molecule is CCCc1[nH]nc2cc(O)c(C(=O)N3Cc4ccc(OCCNC(C)C)cc4C3)cc12. The Balaban J connectivity index is 1.48. The molecule has 3 N–H and O–H groups in total. The van der Waals surface area contributed by atoms with Gasteiger partial charge in [0.2, 0.25) is 0 Å². The zero-order valence-electron chi connectivity index (χ0n) is 18.4. The molecule has 0 atom stereocenters. The fourth-order valence-corrected chi connectivity index (χ4v) is 4.00. The van der Waals surface area contributed by atoms with Crippen molar-refractivity contribution in [3.8, 4) is 11.5 Å². The molecule has 0 saturated carbocycles. The fraction of sp³-hybridized carbons (Fsp3) is 0.417. The van der Waals surface area contributed by atoms with E-state index in [9.17, 15) is 9.90 Å². The van der Waals surface area contributed by atoms with E-state index in [2.05, 4.69) is 36.3 Å². The standard InChI is InChI=1S/C24H30N4O3/c1-4-5-21-19-11-20(23(29)12-22(19)27-26-21)24(30)28-13-16-6-7-18(10-17(16)14-28)31-9-8-25-15(2)3/h6-7,10-12,15,25,29H,4-5,8-9,13-14H2,1-3H3,(H,26,27). The number of carbonyl (C=O) groups is 1. The van der Waals surface area contributed by atoms with Gasteiger partial charge in [0.05, 0.1) is 11.1 Å². The largest absolute Gasteiger partial charge is 0.507 e. The molecule has 3 aromatic rings. The summed E-state index contributed by atoms with van der Waals surface area (Å²) in [6.07, 6.45) is 1.82. The van der Waals surface area contributed by atoms with Crippen molar-refractivity contribution in [1.29, 1.82) is 0 Å². The van der Waals surface area contributed by atoms with Gasteiger partial charge in [0.15, 0.2) is 0 Å². The minimum absolute atomic E-state index is 0.0373. The molecule has 1 amide bonds. The Hall–Kier alpha value is -3.06. The number of amides is 1. The molecule has 0 unspecified atom stereocenters. The van der Waals surface area contributed by atoms with E-state index in [1.807, 2.05) is 18.2 Å². The summed E-state index contributed by atoms with van der Waals surface area (Å²) in [6, 6.07) is 9.75. The molecule has 0 bridgehead atoms. The van der Waals surface area contributed by atoms with E-state index in [-0.39, 0.29) is 11.7 Å². The Labute approximate surface area is 182 Å². The lowest BCUT2D eigenvalue weighted by Gasteiger charge is -2.16. The van der Waals surface area contributed by atoms with Crippen LogP contribution < -0.4 is 10.1 Å². The Morgan fingerprint density at radius 1 is 1.26 bits per heavy atom. The van der Waals surface area contributed by atoms with E-state index >= 15 is 0 Å². The molecular weight excluding hydrogens is 392 g/mol. The van der Waals surface area contributed by atoms with Gasteiger partial charge in [-0.2, -0.15) is 5.10 Å². The highest BCUT2D eigenvalue weighted by atomic mass is 16.5. The Morgan fingerprint density at radius 2 is 2.06 bits per heavy atom. The number of aromatic hydroxyl groups is 1. The summed E-state index contributed by atoms with van der Waals surface area (Å²) >= 11 is 0. The van der Waals surface area contributed by atoms with Crippen molar-refractivity contribution < 1.29 is 14.6 Å². The number of nitrogens with zero attached hydrogens (tertiary/aromatic N) is 2. The molecule has 0 saturated heterocycles. The van der Waals surface area contributed by atoms with Crippen LogP contribution in [0.15, 0.2) is 30.3 Å². The number of carbonyl (C=O) groups excluding carboxylic acids is 1. The minimum Gasteiger partial charge on any atom is -0.507 e. The van der Waals surface area contributed by atoms with Crippen molar-refractivity contribution in [2.24, 2.45) is 0 Å². The maximum Gasteiger partial charge on any atom is 0.258 e. The lowest BCUT2D eigenvalue weighted by Crippen LogP contribution is -2.27. The van der Waals surface area contributed by atoms with Crippen LogP contribution in [0.25, 0.3) is 10.9 Å². The highest BCUT2D eigenvalue weighted by Gasteiger charge is 2.27. The van der Waals surface area contributed by atoms with Gasteiger partial charge in [-0.3, -0.25) is 9.89 Å². The molecule has 7 nitrogen and oxygen atoms in total. The van der Waals surface area contributed by atoms with E-state index in [1.165, 1.54) is 0 Å². The van der Waals surface area contributed by atoms with Crippen LogP contribution in [0.4, 0.5) is 0 Å². The maximum atomic E-state index is 13.2. The van der Waals surface area contributed by atoms with Crippen LogP contribution in [0.5, 0.6) is 11.5 Å². The summed E-state index contributed by atoms with van der Waals surface area (Å²) in [4.78, 5) is 15.0. The lowest BCUT2D eigenvalue weighted by atomic mass is 10.1. The van der Waals surface area contributed by atoms with E-state index in [0.29, 0.717) is 36.8 Å².